The van der Waals surface area contributed by atoms with Gasteiger partial charge < -0.3 is 4.90 Å². The summed E-state index contributed by atoms with van der Waals surface area (Å²) in [5, 5.41) is 4.82. The summed E-state index contributed by atoms with van der Waals surface area (Å²) in [6.45, 7) is 8.59. The lowest BCUT2D eigenvalue weighted by Crippen LogP contribution is -2.40. The van der Waals surface area contributed by atoms with Gasteiger partial charge in [-0.2, -0.15) is 0 Å². The maximum absolute atomic E-state index is 13.2. The third-order valence-corrected chi connectivity index (χ3v) is 6.41. The monoisotopic (exact) mass is 486 g/mol. The number of amides is 2. The zero-order valence-electron chi connectivity index (χ0n) is 20.5. The molecule has 0 aliphatic heterocycles. The van der Waals surface area contributed by atoms with E-state index in [1.807, 2.05) is 98.4 Å². The van der Waals surface area contributed by atoms with Crippen LogP contribution in [0.5, 0.6) is 0 Å². The zero-order valence-corrected chi connectivity index (χ0v) is 21.3. The van der Waals surface area contributed by atoms with Gasteiger partial charge in [0.1, 0.15) is 6.54 Å². The summed E-state index contributed by atoms with van der Waals surface area (Å²) < 4.78 is 1.88. The standard InChI is InChI=1S/C28H30N4O2S/c1-19(2)16-31(27(34)25-6-5-15-35-25)18-26(33)30-28-29-24(22-11-7-20(3)8-12-22)17-32(28)23-13-9-21(4)10-14-23/h5-15,17,19H,16,18H2,1-4H3,(H,29,30,33). The Morgan fingerprint density at radius 2 is 1.66 bits per heavy atom. The van der Waals surface area contributed by atoms with Gasteiger partial charge in [0.2, 0.25) is 11.9 Å². The second-order valence-corrected chi connectivity index (χ2v) is 10.1. The fourth-order valence-corrected chi connectivity index (χ4v) is 4.48. The van der Waals surface area contributed by atoms with E-state index in [0.717, 1.165) is 22.5 Å². The highest BCUT2D eigenvalue weighted by Gasteiger charge is 2.22. The number of carbonyl (C=O) groups excluding carboxylic acids is 2. The van der Waals surface area contributed by atoms with E-state index in [1.54, 1.807) is 11.0 Å². The average molecular weight is 487 g/mol. The fourth-order valence-electron chi connectivity index (χ4n) is 3.79. The highest BCUT2D eigenvalue weighted by Crippen LogP contribution is 2.25. The summed E-state index contributed by atoms with van der Waals surface area (Å²) in [6.07, 6.45) is 1.92. The van der Waals surface area contributed by atoms with Crippen LogP contribution in [0, 0.1) is 19.8 Å². The van der Waals surface area contributed by atoms with E-state index in [-0.39, 0.29) is 24.3 Å². The molecule has 6 nitrogen and oxygen atoms in total. The minimum atomic E-state index is -0.287. The van der Waals surface area contributed by atoms with Gasteiger partial charge in [-0.05, 0) is 43.3 Å². The van der Waals surface area contributed by atoms with E-state index in [4.69, 9.17) is 4.98 Å². The molecule has 2 heterocycles. The van der Waals surface area contributed by atoms with Crippen molar-refractivity contribution in [2.24, 2.45) is 5.92 Å². The molecular formula is C28H30N4O2S. The topological polar surface area (TPSA) is 67.2 Å². The number of imidazole rings is 1. The predicted octanol–water partition coefficient (Wildman–Crippen LogP) is 5.95. The number of hydrogen-bond acceptors (Lipinski definition) is 4. The minimum Gasteiger partial charge on any atom is -0.328 e. The molecule has 2 amide bonds. The van der Waals surface area contributed by atoms with Crippen LogP contribution in [0.2, 0.25) is 0 Å². The summed E-state index contributed by atoms with van der Waals surface area (Å²) in [4.78, 5) is 33.1. The lowest BCUT2D eigenvalue weighted by atomic mass is 10.1. The minimum absolute atomic E-state index is 0.0461. The van der Waals surface area contributed by atoms with Crippen molar-refractivity contribution in [3.05, 3.63) is 88.2 Å². The molecule has 0 aliphatic carbocycles. The normalized spacial score (nSPS) is 11.0. The van der Waals surface area contributed by atoms with E-state index in [9.17, 15) is 9.59 Å². The number of thiophene rings is 1. The maximum atomic E-state index is 13.2. The van der Waals surface area contributed by atoms with Crippen molar-refractivity contribution in [2.75, 3.05) is 18.4 Å². The Labute approximate surface area is 210 Å². The van der Waals surface area contributed by atoms with Crippen molar-refractivity contribution in [3.8, 4) is 16.9 Å². The quantitative estimate of drug-likeness (QED) is 0.334. The van der Waals surface area contributed by atoms with Crippen molar-refractivity contribution in [1.29, 1.82) is 0 Å². The molecule has 0 saturated carbocycles. The Balaban J connectivity index is 1.62. The van der Waals surface area contributed by atoms with Crippen LogP contribution in [0.25, 0.3) is 16.9 Å². The van der Waals surface area contributed by atoms with Crippen LogP contribution in [0.3, 0.4) is 0 Å². The van der Waals surface area contributed by atoms with Crippen LogP contribution in [0.15, 0.2) is 72.2 Å². The number of benzene rings is 2. The first-order valence-electron chi connectivity index (χ1n) is 11.7. The first-order chi connectivity index (χ1) is 16.8. The van der Waals surface area contributed by atoms with E-state index in [0.29, 0.717) is 17.4 Å². The molecule has 4 rings (SSSR count). The first-order valence-corrected chi connectivity index (χ1v) is 12.5. The van der Waals surface area contributed by atoms with Crippen LogP contribution >= 0.6 is 11.3 Å². The highest BCUT2D eigenvalue weighted by molar-refractivity contribution is 7.12. The number of aryl methyl sites for hydroxylation is 2. The molecule has 7 heteroatoms. The van der Waals surface area contributed by atoms with Crippen molar-refractivity contribution >= 4 is 29.1 Å². The van der Waals surface area contributed by atoms with Crippen molar-refractivity contribution in [1.82, 2.24) is 14.5 Å². The molecule has 0 aliphatic rings. The number of nitrogens with one attached hydrogen (secondary N) is 1. The summed E-state index contributed by atoms with van der Waals surface area (Å²) in [5.41, 5.74) is 4.93. The Kier molecular flexibility index (Phi) is 7.46. The van der Waals surface area contributed by atoms with Gasteiger partial charge in [-0.25, -0.2) is 4.98 Å². The number of hydrogen-bond donors (Lipinski definition) is 1. The van der Waals surface area contributed by atoms with Crippen LogP contribution in [0.4, 0.5) is 5.95 Å². The second-order valence-electron chi connectivity index (χ2n) is 9.13. The lowest BCUT2D eigenvalue weighted by Gasteiger charge is -2.23. The summed E-state index contributed by atoms with van der Waals surface area (Å²) in [5.74, 6) is 0.230. The van der Waals surface area contributed by atoms with Gasteiger partial charge in [0.25, 0.3) is 5.91 Å². The molecule has 0 fully saturated rings. The number of nitrogens with zero attached hydrogens (tertiary/aromatic N) is 3. The fraction of sp³-hybridized carbons (Fsp3) is 0.250. The molecule has 0 atom stereocenters. The van der Waals surface area contributed by atoms with Gasteiger partial charge in [-0.15, -0.1) is 11.3 Å². The second kappa shape index (κ2) is 10.7. The summed E-state index contributed by atoms with van der Waals surface area (Å²) in [7, 11) is 0. The van der Waals surface area contributed by atoms with Gasteiger partial charge in [-0.3, -0.25) is 19.5 Å². The SMILES string of the molecule is Cc1ccc(-c2cn(-c3ccc(C)cc3)c(NC(=O)CN(CC(C)C)C(=O)c3cccs3)n2)cc1. The van der Waals surface area contributed by atoms with Gasteiger partial charge in [-0.1, -0.05) is 67.4 Å². The maximum Gasteiger partial charge on any atom is 0.264 e. The molecule has 2 aromatic carbocycles. The number of rotatable bonds is 8. The smallest absolute Gasteiger partial charge is 0.264 e. The van der Waals surface area contributed by atoms with Crippen molar-refractivity contribution < 1.29 is 9.59 Å². The number of carbonyl (C=O) groups is 2. The zero-order chi connectivity index (χ0) is 24.9. The largest absolute Gasteiger partial charge is 0.328 e. The third kappa shape index (κ3) is 6.05. The lowest BCUT2D eigenvalue weighted by molar-refractivity contribution is -0.117. The molecular weight excluding hydrogens is 456 g/mol. The van der Waals surface area contributed by atoms with Gasteiger partial charge in [0, 0.05) is 24.0 Å². The van der Waals surface area contributed by atoms with Crippen molar-refractivity contribution in [3.63, 3.8) is 0 Å². The predicted molar refractivity (Wildman–Crippen MR) is 142 cm³/mol. The molecule has 35 heavy (non-hydrogen) atoms. The van der Waals surface area contributed by atoms with E-state index >= 15 is 0 Å². The van der Waals surface area contributed by atoms with Crippen LogP contribution in [-0.2, 0) is 4.79 Å². The van der Waals surface area contributed by atoms with Crippen molar-refractivity contribution in [2.45, 2.75) is 27.7 Å². The van der Waals surface area contributed by atoms with Crippen LogP contribution in [-0.4, -0.2) is 39.4 Å². The molecule has 0 saturated heterocycles. The van der Waals surface area contributed by atoms with Crippen LogP contribution in [0.1, 0.15) is 34.6 Å². The summed E-state index contributed by atoms with van der Waals surface area (Å²) in [6, 6.07) is 19.8. The number of aromatic nitrogens is 2. The third-order valence-electron chi connectivity index (χ3n) is 5.56. The summed E-state index contributed by atoms with van der Waals surface area (Å²) >= 11 is 1.38. The highest BCUT2D eigenvalue weighted by atomic mass is 32.1. The molecule has 4 aromatic rings. The molecule has 2 aromatic heterocycles. The number of anilines is 1. The van der Waals surface area contributed by atoms with Gasteiger partial charge in [0.05, 0.1) is 10.6 Å². The molecule has 1 N–H and O–H groups in total. The average Bonchev–Trinajstić information content (AvgIpc) is 3.50. The Hall–Kier alpha value is -3.71. The molecule has 0 unspecified atom stereocenters. The molecule has 180 valence electrons. The Morgan fingerprint density at radius 3 is 2.26 bits per heavy atom. The van der Waals surface area contributed by atoms with Crippen LogP contribution < -0.4 is 5.32 Å². The van der Waals surface area contributed by atoms with E-state index < -0.39 is 0 Å². The van der Waals surface area contributed by atoms with E-state index in [1.165, 1.54) is 16.9 Å². The van der Waals surface area contributed by atoms with Gasteiger partial charge >= 0.3 is 0 Å². The Bertz CT molecular complexity index is 1290. The van der Waals surface area contributed by atoms with Gasteiger partial charge in [0.15, 0.2) is 0 Å². The van der Waals surface area contributed by atoms with E-state index in [2.05, 4.69) is 5.32 Å². The molecule has 0 radical (unpaired) electrons. The Morgan fingerprint density at radius 1 is 1.00 bits per heavy atom. The first kappa shape index (κ1) is 24.4. The molecule has 0 bridgehead atoms. The molecule has 0 spiro atoms.